The van der Waals surface area contributed by atoms with Gasteiger partial charge in [0.2, 0.25) is 11.8 Å². The molecule has 4 atom stereocenters. The summed E-state index contributed by atoms with van der Waals surface area (Å²) in [5.74, 6) is -2.06. The fourth-order valence-electron chi connectivity index (χ4n) is 8.39. The van der Waals surface area contributed by atoms with Crippen molar-refractivity contribution in [2.45, 2.75) is 98.6 Å². The maximum atomic E-state index is 14.9. The van der Waals surface area contributed by atoms with Crippen molar-refractivity contribution in [1.82, 2.24) is 20.2 Å². The SMILES string of the molecule is Cc1nc(-c2ccc(OCCC(C)(C)C)cc2)nc(C)c1C(=O)C[C@@H](CCN)C(=O)N(C)[C@@H]1C(=O)C[C@@H](C)C(=O)N[C@H](C(=O)CCC#N)Cc2ccc(OCCN)c(c2)-c2cc1ccc2OCCN. The number of Topliss-reactive ketones (excluding diaryl/α,β-unsaturated/α-hetero) is 3. The molecule has 368 valence electrons. The Morgan fingerprint density at radius 3 is 2.07 bits per heavy atom. The van der Waals surface area contributed by atoms with Gasteiger partial charge in [-0.2, -0.15) is 5.26 Å². The predicted octanol–water partition coefficient (Wildman–Crippen LogP) is 6.16. The lowest BCUT2D eigenvalue weighted by Crippen LogP contribution is -2.46. The first-order valence-corrected chi connectivity index (χ1v) is 23.6. The Kier molecular flexibility index (Phi) is 19.1. The molecule has 16 heteroatoms. The second kappa shape index (κ2) is 24.7. The van der Waals surface area contributed by atoms with Crippen LogP contribution in [0, 0.1) is 42.4 Å². The van der Waals surface area contributed by atoms with Crippen molar-refractivity contribution in [1.29, 1.82) is 5.26 Å². The summed E-state index contributed by atoms with van der Waals surface area (Å²) in [6, 6.07) is 17.7. The Morgan fingerprint density at radius 1 is 0.855 bits per heavy atom. The van der Waals surface area contributed by atoms with Gasteiger partial charge in [0.1, 0.15) is 36.5 Å². The van der Waals surface area contributed by atoms with Crippen LogP contribution in [0.5, 0.6) is 17.2 Å². The number of nitrogens with zero attached hydrogens (tertiary/aromatic N) is 4. The summed E-state index contributed by atoms with van der Waals surface area (Å²) < 4.78 is 18.2. The normalized spacial score (nSPS) is 16.6. The minimum Gasteiger partial charge on any atom is -0.494 e. The van der Waals surface area contributed by atoms with Gasteiger partial charge in [-0.3, -0.25) is 24.0 Å². The number of nitrogens with two attached hydrogens (primary N) is 3. The van der Waals surface area contributed by atoms with Crippen LogP contribution in [0.15, 0.2) is 60.7 Å². The number of amides is 2. The van der Waals surface area contributed by atoms with E-state index in [9.17, 15) is 29.2 Å². The molecule has 0 radical (unpaired) electrons. The second-order valence-corrected chi connectivity index (χ2v) is 18.9. The number of hydrogen-bond acceptors (Lipinski definition) is 14. The molecule has 69 heavy (non-hydrogen) atoms. The van der Waals surface area contributed by atoms with Crippen LogP contribution in [-0.2, 0) is 25.6 Å². The van der Waals surface area contributed by atoms with Crippen LogP contribution in [0.3, 0.4) is 0 Å². The molecule has 4 aromatic rings. The van der Waals surface area contributed by atoms with Gasteiger partial charge in [-0.1, -0.05) is 39.8 Å². The molecule has 1 aliphatic heterocycles. The largest absolute Gasteiger partial charge is 0.494 e. The van der Waals surface area contributed by atoms with Gasteiger partial charge in [0.15, 0.2) is 23.2 Å². The molecular formula is C53H68N8O8. The Bertz CT molecular complexity index is 2490. The first-order valence-electron chi connectivity index (χ1n) is 23.6. The highest BCUT2D eigenvalue weighted by atomic mass is 16.5. The molecule has 0 unspecified atom stereocenters. The predicted molar refractivity (Wildman–Crippen MR) is 263 cm³/mol. The average Bonchev–Trinajstić information content (AvgIpc) is 3.30. The van der Waals surface area contributed by atoms with Gasteiger partial charge in [0.25, 0.3) is 0 Å². The Morgan fingerprint density at radius 2 is 1.48 bits per heavy atom. The van der Waals surface area contributed by atoms with Crippen molar-refractivity contribution in [3.05, 3.63) is 88.7 Å². The maximum Gasteiger partial charge on any atom is 0.226 e. The summed E-state index contributed by atoms with van der Waals surface area (Å²) in [4.78, 5) is 82.0. The van der Waals surface area contributed by atoms with E-state index in [1.54, 1.807) is 51.1 Å². The molecule has 1 aliphatic rings. The van der Waals surface area contributed by atoms with Crippen LogP contribution in [-0.4, -0.2) is 96.6 Å². The Hall–Kier alpha value is -6.54. The summed E-state index contributed by atoms with van der Waals surface area (Å²) in [6.07, 6.45) is 0.462. The molecular weight excluding hydrogens is 877 g/mol. The van der Waals surface area contributed by atoms with Crippen molar-refractivity contribution in [2.24, 2.45) is 34.5 Å². The number of carbonyl (C=O) groups is 5. The third-order valence-corrected chi connectivity index (χ3v) is 12.1. The van der Waals surface area contributed by atoms with Gasteiger partial charge in [0.05, 0.1) is 35.7 Å². The van der Waals surface area contributed by atoms with Gasteiger partial charge in [-0.25, -0.2) is 9.97 Å². The minimum atomic E-state index is -1.25. The van der Waals surface area contributed by atoms with E-state index in [0.29, 0.717) is 63.1 Å². The lowest BCUT2D eigenvalue weighted by molar-refractivity contribution is -0.142. The number of nitrogens with one attached hydrogen (secondary N) is 1. The number of benzene rings is 3. The highest BCUT2D eigenvalue weighted by Crippen LogP contribution is 2.41. The molecule has 16 nitrogen and oxygen atoms in total. The molecule has 2 heterocycles. The third kappa shape index (κ3) is 14.3. The summed E-state index contributed by atoms with van der Waals surface area (Å²) in [7, 11) is 1.50. The number of ketones is 3. The van der Waals surface area contributed by atoms with Crippen molar-refractivity contribution < 1.29 is 38.2 Å². The van der Waals surface area contributed by atoms with Crippen molar-refractivity contribution in [2.75, 3.05) is 46.5 Å². The number of rotatable bonds is 20. The number of aromatic nitrogens is 2. The molecule has 7 N–H and O–H groups in total. The molecule has 0 spiro atoms. The minimum absolute atomic E-state index is 0.0349. The lowest BCUT2D eigenvalue weighted by atomic mass is 9.88. The molecule has 0 saturated heterocycles. The van der Waals surface area contributed by atoms with E-state index in [2.05, 4.69) is 26.1 Å². The number of carbonyl (C=O) groups excluding carboxylic acids is 5. The van der Waals surface area contributed by atoms with E-state index in [1.165, 1.54) is 11.9 Å². The maximum absolute atomic E-state index is 14.9. The van der Waals surface area contributed by atoms with Crippen LogP contribution in [0.2, 0.25) is 0 Å². The van der Waals surface area contributed by atoms with E-state index in [4.69, 9.17) is 41.4 Å². The number of hydrogen-bond donors (Lipinski definition) is 4. The molecule has 0 saturated carbocycles. The van der Waals surface area contributed by atoms with Gasteiger partial charge in [-0.15, -0.1) is 0 Å². The highest BCUT2D eigenvalue weighted by molar-refractivity contribution is 6.01. The molecule has 2 amide bonds. The van der Waals surface area contributed by atoms with Gasteiger partial charge >= 0.3 is 0 Å². The fourth-order valence-corrected chi connectivity index (χ4v) is 8.39. The zero-order chi connectivity index (χ0) is 50.4. The van der Waals surface area contributed by atoms with Crippen molar-refractivity contribution in [3.63, 3.8) is 0 Å². The van der Waals surface area contributed by atoms with E-state index in [1.807, 2.05) is 36.4 Å². The van der Waals surface area contributed by atoms with Crippen molar-refractivity contribution in [3.8, 4) is 45.8 Å². The van der Waals surface area contributed by atoms with E-state index in [0.717, 1.165) is 17.7 Å². The van der Waals surface area contributed by atoms with E-state index in [-0.39, 0.29) is 88.4 Å². The molecule has 3 aromatic carbocycles. The number of aryl methyl sites for hydroxylation is 2. The topological polar surface area (TPSA) is 256 Å². The first-order chi connectivity index (χ1) is 32.9. The average molecular weight is 945 g/mol. The Balaban J connectivity index is 1.52. The zero-order valence-corrected chi connectivity index (χ0v) is 41.1. The second-order valence-electron chi connectivity index (χ2n) is 18.9. The Labute approximate surface area is 405 Å². The van der Waals surface area contributed by atoms with Crippen LogP contribution >= 0.6 is 0 Å². The molecule has 0 aliphatic carbocycles. The number of fused-ring (bicyclic) bond motifs is 5. The van der Waals surface area contributed by atoms with E-state index < -0.39 is 41.5 Å². The fraction of sp³-hybridized carbons (Fsp3) is 0.472. The van der Waals surface area contributed by atoms with Gasteiger partial charge < -0.3 is 41.6 Å². The summed E-state index contributed by atoms with van der Waals surface area (Å²) in [5, 5.41) is 12.1. The summed E-state index contributed by atoms with van der Waals surface area (Å²) >= 11 is 0. The summed E-state index contributed by atoms with van der Waals surface area (Å²) in [6.45, 7) is 12.9. The van der Waals surface area contributed by atoms with E-state index >= 15 is 0 Å². The molecule has 0 fully saturated rings. The zero-order valence-electron chi connectivity index (χ0n) is 41.1. The monoisotopic (exact) mass is 945 g/mol. The van der Waals surface area contributed by atoms with Crippen LogP contribution < -0.4 is 36.7 Å². The molecule has 1 aromatic heterocycles. The number of ether oxygens (including phenoxy) is 3. The van der Waals surface area contributed by atoms with Crippen LogP contribution in [0.1, 0.15) is 105 Å². The van der Waals surface area contributed by atoms with Gasteiger partial charge in [0, 0.05) is 74.3 Å². The standard InChI is InChI=1S/C53H68N8O8/c1-32-27-45(64)49(37-13-17-47(69-26-23-57)41(30-37)40-28-35(10-16-46(40)68-25-22-56)29-42(60-51(32)65)43(62)9-8-20-54)61(7)52(66)38(18-21-55)31-44(63)48-33(2)58-50(59-34(48)3)36-11-14-39(15-12-36)67-24-19-53(4,5)6/h10-17,28,30,32,38,42,49H,8-9,18-19,21-27,29,31,55-57H2,1-7H3,(H,60,65)/t32-,38-,42+,49+/m1/s1. The number of nitriles is 1. The molecule has 4 bridgehead atoms. The highest BCUT2D eigenvalue weighted by Gasteiger charge is 2.36. The molecule has 5 rings (SSSR count). The van der Waals surface area contributed by atoms with Crippen LogP contribution in [0.25, 0.3) is 22.5 Å². The van der Waals surface area contributed by atoms with Gasteiger partial charge in [-0.05, 0) is 105 Å². The smallest absolute Gasteiger partial charge is 0.226 e. The quantitative estimate of drug-likeness (QED) is 0.0724. The first kappa shape index (κ1) is 53.4. The lowest BCUT2D eigenvalue weighted by Gasteiger charge is -2.32. The third-order valence-electron chi connectivity index (χ3n) is 12.1. The van der Waals surface area contributed by atoms with Crippen molar-refractivity contribution >= 4 is 29.2 Å². The van der Waals surface area contributed by atoms with Crippen LogP contribution in [0.4, 0.5) is 0 Å². The number of likely N-dealkylation sites (N-methyl/N-ethyl adjacent to an activating group) is 1. The summed E-state index contributed by atoms with van der Waals surface area (Å²) in [5.41, 5.74) is 22.1.